The zero-order valence-corrected chi connectivity index (χ0v) is 18.0. The van der Waals surface area contributed by atoms with Crippen molar-refractivity contribution in [2.45, 2.75) is 70.3 Å². The minimum atomic E-state index is -0.431. The molecule has 0 saturated carbocycles. The third kappa shape index (κ3) is 7.38. The highest BCUT2D eigenvalue weighted by atomic mass is 16.2. The van der Waals surface area contributed by atoms with E-state index in [1.165, 1.54) is 6.42 Å². The van der Waals surface area contributed by atoms with Crippen LogP contribution < -0.4 is 16.0 Å². The lowest BCUT2D eigenvalue weighted by Gasteiger charge is -2.26. The zero-order valence-electron chi connectivity index (χ0n) is 18.0. The van der Waals surface area contributed by atoms with Crippen LogP contribution in [-0.2, 0) is 19.2 Å². The molecule has 3 rings (SSSR count). The number of carbonyl (C=O) groups excluding carboxylic acids is 4. The molecule has 2 saturated heterocycles. The van der Waals surface area contributed by atoms with Gasteiger partial charge < -0.3 is 15.5 Å². The fourth-order valence-electron chi connectivity index (χ4n) is 3.95. The van der Waals surface area contributed by atoms with Crippen LogP contribution in [0.1, 0.15) is 64.2 Å². The molecule has 2 fully saturated rings. The number of carbonyl (C=O) groups is 4. The molecule has 8 nitrogen and oxygen atoms in total. The van der Waals surface area contributed by atoms with Crippen molar-refractivity contribution in [1.29, 1.82) is 0 Å². The summed E-state index contributed by atoms with van der Waals surface area (Å²) in [6, 6.07) is 6.73. The molecule has 0 aliphatic carbocycles. The Kier molecular flexibility index (Phi) is 8.44. The Bertz CT molecular complexity index is 787. The van der Waals surface area contributed by atoms with E-state index < -0.39 is 6.04 Å². The molecular weight excluding hydrogens is 396 g/mol. The van der Waals surface area contributed by atoms with Crippen LogP contribution in [0.3, 0.4) is 0 Å². The quantitative estimate of drug-likeness (QED) is 0.414. The number of piperidine rings is 2. The number of hydrogen-bond donors (Lipinski definition) is 3. The summed E-state index contributed by atoms with van der Waals surface area (Å²) in [6.07, 6.45) is 7.67. The summed E-state index contributed by atoms with van der Waals surface area (Å²) in [7, 11) is 0. The second-order valence-corrected chi connectivity index (χ2v) is 8.28. The number of hydrogen-bond acceptors (Lipinski definition) is 5. The molecule has 3 N–H and O–H groups in total. The van der Waals surface area contributed by atoms with Gasteiger partial charge in [0.05, 0.1) is 0 Å². The van der Waals surface area contributed by atoms with Gasteiger partial charge in [0, 0.05) is 43.7 Å². The topological polar surface area (TPSA) is 108 Å². The third-order valence-corrected chi connectivity index (χ3v) is 5.75. The number of benzene rings is 1. The molecule has 0 spiro atoms. The molecule has 0 aromatic heterocycles. The number of anilines is 2. The monoisotopic (exact) mass is 428 g/mol. The molecular formula is C23H32N4O4. The lowest BCUT2D eigenvalue weighted by atomic mass is 10.1. The second kappa shape index (κ2) is 11.5. The molecule has 0 bridgehead atoms. The zero-order chi connectivity index (χ0) is 22.1. The smallest absolute Gasteiger partial charge is 0.249 e. The van der Waals surface area contributed by atoms with E-state index in [1.54, 1.807) is 24.3 Å². The van der Waals surface area contributed by atoms with Gasteiger partial charge in [-0.2, -0.15) is 0 Å². The lowest BCUT2D eigenvalue weighted by Crippen LogP contribution is -2.47. The predicted octanol–water partition coefficient (Wildman–Crippen LogP) is 2.81. The first-order valence-corrected chi connectivity index (χ1v) is 11.3. The number of unbranched alkanes of at least 4 members (excludes halogenated alkanes) is 2. The van der Waals surface area contributed by atoms with Crippen LogP contribution in [0.2, 0.25) is 0 Å². The summed E-state index contributed by atoms with van der Waals surface area (Å²) in [4.78, 5) is 49.3. The van der Waals surface area contributed by atoms with Gasteiger partial charge in [-0.05, 0) is 62.8 Å². The molecule has 2 aliphatic heterocycles. The summed E-state index contributed by atoms with van der Waals surface area (Å²) in [5.41, 5.74) is 1.45. The maximum atomic E-state index is 12.1. The van der Waals surface area contributed by atoms with Crippen LogP contribution in [0.25, 0.3) is 0 Å². The van der Waals surface area contributed by atoms with Crippen molar-refractivity contribution in [1.82, 2.24) is 10.2 Å². The van der Waals surface area contributed by atoms with E-state index >= 15 is 0 Å². The fraction of sp³-hybridized carbons (Fsp3) is 0.565. The van der Waals surface area contributed by atoms with Gasteiger partial charge >= 0.3 is 0 Å². The molecule has 2 aliphatic rings. The summed E-state index contributed by atoms with van der Waals surface area (Å²) < 4.78 is 0. The van der Waals surface area contributed by atoms with Crippen molar-refractivity contribution in [3.8, 4) is 0 Å². The summed E-state index contributed by atoms with van der Waals surface area (Å²) in [6.45, 7) is 1.78. The van der Waals surface area contributed by atoms with Crippen LogP contribution in [-0.4, -0.2) is 47.7 Å². The largest absolute Gasteiger partial charge is 0.374 e. The SMILES string of the molecule is O=C1CCC(Nc2ccc(NC(=O)CCCCCC(=O)N3CCCCC3)cc2)C(=O)N1. The van der Waals surface area contributed by atoms with Crippen LogP contribution >= 0.6 is 0 Å². The Morgan fingerprint density at radius 3 is 2.32 bits per heavy atom. The average Bonchev–Trinajstić information content (AvgIpc) is 2.77. The number of nitrogens with zero attached hydrogens (tertiary/aromatic N) is 1. The number of likely N-dealkylation sites (tertiary alicyclic amines) is 1. The minimum absolute atomic E-state index is 0.0479. The summed E-state index contributed by atoms with van der Waals surface area (Å²) >= 11 is 0. The van der Waals surface area contributed by atoms with E-state index in [9.17, 15) is 19.2 Å². The van der Waals surface area contributed by atoms with E-state index in [0.717, 1.165) is 50.9 Å². The maximum absolute atomic E-state index is 12.1. The maximum Gasteiger partial charge on any atom is 0.249 e. The highest BCUT2D eigenvalue weighted by molar-refractivity contribution is 6.01. The molecule has 1 aromatic carbocycles. The Balaban J connectivity index is 1.31. The highest BCUT2D eigenvalue weighted by Crippen LogP contribution is 2.18. The van der Waals surface area contributed by atoms with Crippen molar-refractivity contribution in [2.24, 2.45) is 0 Å². The molecule has 1 unspecified atom stereocenters. The molecule has 31 heavy (non-hydrogen) atoms. The van der Waals surface area contributed by atoms with Crippen LogP contribution in [0.4, 0.5) is 11.4 Å². The van der Waals surface area contributed by atoms with Crippen molar-refractivity contribution < 1.29 is 19.2 Å². The van der Waals surface area contributed by atoms with E-state index in [0.29, 0.717) is 31.4 Å². The van der Waals surface area contributed by atoms with Gasteiger partial charge in [0.1, 0.15) is 6.04 Å². The minimum Gasteiger partial charge on any atom is -0.374 e. The molecule has 4 amide bonds. The second-order valence-electron chi connectivity index (χ2n) is 8.28. The molecule has 1 atom stereocenters. The first-order valence-electron chi connectivity index (χ1n) is 11.3. The molecule has 1 aromatic rings. The Hall–Kier alpha value is -2.90. The van der Waals surface area contributed by atoms with Crippen LogP contribution in [0.15, 0.2) is 24.3 Å². The van der Waals surface area contributed by atoms with Gasteiger partial charge in [-0.15, -0.1) is 0 Å². The summed E-state index contributed by atoms with van der Waals surface area (Å²) in [5.74, 6) is -0.357. The van der Waals surface area contributed by atoms with Gasteiger partial charge in [0.2, 0.25) is 23.6 Å². The average molecular weight is 429 g/mol. The Morgan fingerprint density at radius 2 is 1.61 bits per heavy atom. The normalized spacial score (nSPS) is 19.0. The molecule has 2 heterocycles. The lowest BCUT2D eigenvalue weighted by molar-refractivity contribution is -0.134. The Morgan fingerprint density at radius 1 is 0.935 bits per heavy atom. The van der Waals surface area contributed by atoms with Crippen molar-refractivity contribution in [3.63, 3.8) is 0 Å². The predicted molar refractivity (Wildman–Crippen MR) is 118 cm³/mol. The third-order valence-electron chi connectivity index (χ3n) is 5.75. The molecule has 8 heteroatoms. The number of imide groups is 1. The number of nitrogens with one attached hydrogen (secondary N) is 3. The first-order chi connectivity index (χ1) is 15.0. The van der Waals surface area contributed by atoms with Crippen LogP contribution in [0, 0.1) is 0 Å². The van der Waals surface area contributed by atoms with E-state index in [4.69, 9.17) is 0 Å². The van der Waals surface area contributed by atoms with E-state index in [-0.39, 0.29) is 23.6 Å². The van der Waals surface area contributed by atoms with E-state index in [2.05, 4.69) is 16.0 Å². The standard InChI is InChI=1S/C23H32N4O4/c28-20(7-3-1-4-8-22(30)27-15-5-2-6-16-27)25-18-11-9-17(10-12-18)24-19-13-14-21(29)26-23(19)31/h9-12,19,24H,1-8,13-16H2,(H,25,28)(H,26,29,31). The summed E-state index contributed by atoms with van der Waals surface area (Å²) in [5, 5.41) is 8.30. The fourth-order valence-corrected chi connectivity index (χ4v) is 3.95. The molecule has 168 valence electrons. The molecule has 0 radical (unpaired) electrons. The van der Waals surface area contributed by atoms with Gasteiger partial charge in [-0.25, -0.2) is 0 Å². The number of amides is 4. The van der Waals surface area contributed by atoms with Gasteiger partial charge in [0.25, 0.3) is 0 Å². The van der Waals surface area contributed by atoms with Crippen molar-refractivity contribution in [2.75, 3.05) is 23.7 Å². The van der Waals surface area contributed by atoms with Gasteiger partial charge in [-0.3, -0.25) is 24.5 Å². The van der Waals surface area contributed by atoms with Gasteiger partial charge in [-0.1, -0.05) is 6.42 Å². The van der Waals surface area contributed by atoms with Crippen molar-refractivity contribution in [3.05, 3.63) is 24.3 Å². The van der Waals surface area contributed by atoms with Crippen molar-refractivity contribution >= 4 is 35.0 Å². The van der Waals surface area contributed by atoms with E-state index in [1.807, 2.05) is 4.90 Å². The first kappa shape index (κ1) is 22.8. The Labute approximate surface area is 183 Å². The van der Waals surface area contributed by atoms with Crippen LogP contribution in [0.5, 0.6) is 0 Å². The highest BCUT2D eigenvalue weighted by Gasteiger charge is 2.26. The number of rotatable bonds is 9. The van der Waals surface area contributed by atoms with Gasteiger partial charge in [0.15, 0.2) is 0 Å².